The highest BCUT2D eigenvalue weighted by Crippen LogP contribution is 2.22. The molecule has 0 saturated carbocycles. The molecule has 0 bridgehead atoms. The summed E-state index contributed by atoms with van der Waals surface area (Å²) in [5.41, 5.74) is 1.94. The van der Waals surface area contributed by atoms with E-state index in [9.17, 15) is 13.2 Å². The van der Waals surface area contributed by atoms with Gasteiger partial charge in [0.05, 0.1) is 23.6 Å². The number of rotatable bonds is 6. The number of sulfonamides is 1. The summed E-state index contributed by atoms with van der Waals surface area (Å²) in [7, 11) is -3.63. The summed E-state index contributed by atoms with van der Waals surface area (Å²) < 4.78 is 32.1. The number of esters is 1. The molecule has 128 valence electrons. The van der Waals surface area contributed by atoms with Gasteiger partial charge in [0, 0.05) is 5.02 Å². The maximum atomic E-state index is 12.3. The SMILES string of the molecule is CCOC(=O)c1ccc(NS(=O)(=O)Cc2ccccc2Cl)c(C)c1. The third kappa shape index (κ3) is 4.72. The lowest BCUT2D eigenvalue weighted by Crippen LogP contribution is -2.16. The van der Waals surface area contributed by atoms with Crippen LogP contribution in [0.3, 0.4) is 0 Å². The summed E-state index contributed by atoms with van der Waals surface area (Å²) in [5.74, 6) is -0.669. The van der Waals surface area contributed by atoms with Crippen LogP contribution in [0.5, 0.6) is 0 Å². The first-order chi connectivity index (χ1) is 11.3. The highest BCUT2D eigenvalue weighted by Gasteiger charge is 2.16. The monoisotopic (exact) mass is 367 g/mol. The Morgan fingerprint density at radius 2 is 1.92 bits per heavy atom. The highest BCUT2D eigenvalue weighted by molar-refractivity contribution is 7.91. The molecule has 0 radical (unpaired) electrons. The molecule has 0 saturated heterocycles. The molecule has 2 aromatic rings. The van der Waals surface area contributed by atoms with Gasteiger partial charge in [-0.15, -0.1) is 0 Å². The molecule has 5 nitrogen and oxygen atoms in total. The Morgan fingerprint density at radius 3 is 2.54 bits per heavy atom. The molecule has 1 N–H and O–H groups in total. The fraction of sp³-hybridized carbons (Fsp3) is 0.235. The molecular weight excluding hydrogens is 350 g/mol. The minimum Gasteiger partial charge on any atom is -0.462 e. The van der Waals surface area contributed by atoms with E-state index in [0.29, 0.717) is 27.4 Å². The molecule has 0 amide bonds. The van der Waals surface area contributed by atoms with E-state index in [4.69, 9.17) is 16.3 Å². The molecule has 0 heterocycles. The van der Waals surface area contributed by atoms with E-state index in [1.165, 1.54) is 6.07 Å². The van der Waals surface area contributed by atoms with E-state index in [1.54, 1.807) is 50.2 Å². The molecule has 0 aliphatic heterocycles. The van der Waals surface area contributed by atoms with E-state index in [1.807, 2.05) is 0 Å². The van der Waals surface area contributed by atoms with Crippen LogP contribution >= 0.6 is 11.6 Å². The summed E-state index contributed by atoms with van der Waals surface area (Å²) >= 11 is 6.01. The van der Waals surface area contributed by atoms with E-state index >= 15 is 0 Å². The number of nitrogens with one attached hydrogen (secondary N) is 1. The Labute approximate surface area is 146 Å². The quantitative estimate of drug-likeness (QED) is 0.789. The maximum absolute atomic E-state index is 12.3. The number of ether oxygens (including phenoxy) is 1. The first-order valence-corrected chi connectivity index (χ1v) is 9.37. The smallest absolute Gasteiger partial charge is 0.338 e. The third-order valence-corrected chi connectivity index (χ3v) is 4.90. The zero-order valence-corrected chi connectivity index (χ0v) is 14.9. The van der Waals surface area contributed by atoms with Crippen LogP contribution in [0, 0.1) is 6.92 Å². The normalized spacial score (nSPS) is 11.1. The topological polar surface area (TPSA) is 72.5 Å². The lowest BCUT2D eigenvalue weighted by atomic mass is 10.1. The van der Waals surface area contributed by atoms with E-state index < -0.39 is 16.0 Å². The van der Waals surface area contributed by atoms with Crippen LogP contribution < -0.4 is 4.72 Å². The Morgan fingerprint density at radius 1 is 1.21 bits per heavy atom. The summed E-state index contributed by atoms with van der Waals surface area (Å²) in [4.78, 5) is 11.7. The van der Waals surface area contributed by atoms with Gasteiger partial charge in [0.2, 0.25) is 10.0 Å². The van der Waals surface area contributed by atoms with Crippen LogP contribution in [0.25, 0.3) is 0 Å². The van der Waals surface area contributed by atoms with Crippen molar-refractivity contribution < 1.29 is 17.9 Å². The number of carbonyl (C=O) groups is 1. The van der Waals surface area contributed by atoms with E-state index in [0.717, 1.165) is 0 Å². The van der Waals surface area contributed by atoms with Gasteiger partial charge in [-0.25, -0.2) is 13.2 Å². The lowest BCUT2D eigenvalue weighted by Gasteiger charge is -2.12. The van der Waals surface area contributed by atoms with Crippen molar-refractivity contribution in [2.75, 3.05) is 11.3 Å². The fourth-order valence-electron chi connectivity index (χ4n) is 2.14. The van der Waals surface area contributed by atoms with Gasteiger partial charge < -0.3 is 4.74 Å². The Hall–Kier alpha value is -2.05. The molecule has 2 rings (SSSR count). The molecule has 0 aliphatic carbocycles. The number of aryl methyl sites for hydroxylation is 1. The van der Waals surface area contributed by atoms with Crippen molar-refractivity contribution in [1.82, 2.24) is 0 Å². The summed E-state index contributed by atoms with van der Waals surface area (Å²) in [5, 5.41) is 0.400. The number of hydrogen-bond acceptors (Lipinski definition) is 4. The number of carbonyl (C=O) groups excluding carboxylic acids is 1. The van der Waals surface area contributed by atoms with Gasteiger partial charge in [0.15, 0.2) is 0 Å². The average molecular weight is 368 g/mol. The molecule has 0 fully saturated rings. The van der Waals surface area contributed by atoms with Gasteiger partial charge in [-0.2, -0.15) is 0 Å². The first-order valence-electron chi connectivity index (χ1n) is 7.34. The van der Waals surface area contributed by atoms with Crippen molar-refractivity contribution in [2.45, 2.75) is 19.6 Å². The van der Waals surface area contributed by atoms with Crippen LogP contribution in [-0.2, 0) is 20.5 Å². The molecule has 0 atom stereocenters. The van der Waals surface area contributed by atoms with Gasteiger partial charge in [0.25, 0.3) is 0 Å². The molecule has 0 spiro atoms. The van der Waals surface area contributed by atoms with Gasteiger partial charge in [-0.1, -0.05) is 29.8 Å². The Kier molecular flexibility index (Phi) is 5.85. The van der Waals surface area contributed by atoms with Gasteiger partial charge >= 0.3 is 5.97 Å². The Balaban J connectivity index is 2.18. The first kappa shape index (κ1) is 18.3. The second-order valence-electron chi connectivity index (χ2n) is 5.20. The van der Waals surface area contributed by atoms with Crippen LogP contribution in [-0.4, -0.2) is 21.0 Å². The molecule has 2 aromatic carbocycles. The van der Waals surface area contributed by atoms with Crippen molar-refractivity contribution in [2.24, 2.45) is 0 Å². The lowest BCUT2D eigenvalue weighted by molar-refractivity contribution is 0.0526. The van der Waals surface area contributed by atoms with Crippen LogP contribution in [0.4, 0.5) is 5.69 Å². The Bertz CT molecular complexity index is 849. The number of anilines is 1. The van der Waals surface area contributed by atoms with Crippen LogP contribution in [0.1, 0.15) is 28.4 Å². The van der Waals surface area contributed by atoms with Crippen molar-refractivity contribution in [3.05, 3.63) is 64.2 Å². The van der Waals surface area contributed by atoms with Gasteiger partial charge in [0.1, 0.15) is 0 Å². The second kappa shape index (κ2) is 7.68. The van der Waals surface area contributed by atoms with Gasteiger partial charge in [-0.3, -0.25) is 4.72 Å². The summed E-state index contributed by atoms with van der Waals surface area (Å²) in [6.45, 7) is 3.72. The molecule has 24 heavy (non-hydrogen) atoms. The molecule has 0 aromatic heterocycles. The van der Waals surface area contributed by atoms with E-state index in [-0.39, 0.29) is 12.4 Å². The van der Waals surface area contributed by atoms with Crippen molar-refractivity contribution in [1.29, 1.82) is 0 Å². The van der Waals surface area contributed by atoms with Crippen molar-refractivity contribution in [3.63, 3.8) is 0 Å². The number of halogens is 1. The zero-order chi connectivity index (χ0) is 17.7. The predicted molar refractivity (Wildman–Crippen MR) is 94.8 cm³/mol. The van der Waals surface area contributed by atoms with Crippen LogP contribution in [0.2, 0.25) is 5.02 Å². The van der Waals surface area contributed by atoms with E-state index in [2.05, 4.69) is 4.72 Å². The zero-order valence-electron chi connectivity index (χ0n) is 13.4. The molecular formula is C17H18ClNO4S. The predicted octanol–water partition coefficient (Wildman–Crippen LogP) is 3.77. The van der Waals surface area contributed by atoms with Crippen LogP contribution in [0.15, 0.2) is 42.5 Å². The van der Waals surface area contributed by atoms with Crippen molar-refractivity contribution in [3.8, 4) is 0 Å². The molecule has 7 heteroatoms. The largest absolute Gasteiger partial charge is 0.462 e. The maximum Gasteiger partial charge on any atom is 0.338 e. The highest BCUT2D eigenvalue weighted by atomic mass is 35.5. The number of benzene rings is 2. The number of hydrogen-bond donors (Lipinski definition) is 1. The molecule has 0 unspecified atom stereocenters. The standard InChI is InChI=1S/C17H18ClNO4S/c1-3-23-17(20)13-8-9-16(12(2)10-13)19-24(21,22)11-14-6-4-5-7-15(14)18/h4-10,19H,3,11H2,1-2H3. The third-order valence-electron chi connectivity index (χ3n) is 3.31. The minimum absolute atomic E-state index is 0.230. The summed E-state index contributed by atoms with van der Waals surface area (Å²) in [6.07, 6.45) is 0. The second-order valence-corrected chi connectivity index (χ2v) is 7.33. The average Bonchev–Trinajstić information content (AvgIpc) is 2.51. The molecule has 0 aliphatic rings. The minimum atomic E-state index is -3.63. The van der Waals surface area contributed by atoms with Gasteiger partial charge in [-0.05, 0) is 49.2 Å². The van der Waals surface area contributed by atoms with Crippen molar-refractivity contribution >= 4 is 33.3 Å². The fourth-order valence-corrected chi connectivity index (χ4v) is 3.72. The summed E-state index contributed by atoms with van der Waals surface area (Å²) in [6, 6.07) is 11.4.